The molecule has 1 aliphatic heterocycles. The fourth-order valence-electron chi connectivity index (χ4n) is 1.90. The maximum Gasteiger partial charge on any atom is 0.356 e. The topological polar surface area (TPSA) is 67.5 Å². The van der Waals surface area contributed by atoms with Crippen molar-refractivity contribution >= 4 is 23.8 Å². The molecule has 0 spiro atoms. The van der Waals surface area contributed by atoms with Gasteiger partial charge in [-0.05, 0) is 24.3 Å². The molecule has 0 saturated carbocycles. The first-order valence-corrected chi connectivity index (χ1v) is 7.06. The van der Waals surface area contributed by atoms with Gasteiger partial charge in [0.2, 0.25) is 0 Å². The highest BCUT2D eigenvalue weighted by molar-refractivity contribution is 6.31. The summed E-state index contributed by atoms with van der Waals surface area (Å²) in [7, 11) is 0. The summed E-state index contributed by atoms with van der Waals surface area (Å²) in [4.78, 5) is 15.2. The van der Waals surface area contributed by atoms with Gasteiger partial charge in [-0.25, -0.2) is 9.48 Å². The minimum Gasteiger partial charge on any atom is -0.476 e. The van der Waals surface area contributed by atoms with E-state index in [0.717, 1.165) is 16.9 Å². The van der Waals surface area contributed by atoms with E-state index in [9.17, 15) is 4.79 Å². The van der Waals surface area contributed by atoms with Gasteiger partial charge >= 0.3 is 5.97 Å². The van der Waals surface area contributed by atoms with Crippen LogP contribution in [0.1, 0.15) is 42.0 Å². The predicted octanol–water partition coefficient (Wildman–Crippen LogP) is 3.57. The molecule has 0 amide bonds. The smallest absolute Gasteiger partial charge is 0.356 e. The maximum atomic E-state index is 10.9. The lowest BCUT2D eigenvalue weighted by molar-refractivity contribution is 0.0690. The molecule has 110 valence electrons. The average molecular weight is 306 g/mol. The average Bonchev–Trinajstić information content (AvgIpc) is 2.77. The number of aromatic nitrogens is 2. The van der Waals surface area contributed by atoms with Gasteiger partial charge in [0.25, 0.3) is 0 Å². The molecular weight excluding hydrogens is 290 g/mol. The molecule has 6 heteroatoms. The summed E-state index contributed by atoms with van der Waals surface area (Å²) >= 11 is 5.93. The number of carboxylic acid groups (broad SMARTS) is 1. The Morgan fingerprint density at radius 3 is 2.76 bits per heavy atom. The Morgan fingerprint density at radius 1 is 1.38 bits per heavy atom. The number of fused-ring (bicyclic) bond motifs is 3. The minimum absolute atomic E-state index is 0.0167. The second-order valence-electron chi connectivity index (χ2n) is 4.62. The third-order valence-corrected chi connectivity index (χ3v) is 2.94. The number of carboxylic acids is 1. The molecular formula is C15H16ClN3O2. The quantitative estimate of drug-likeness (QED) is 0.875. The highest BCUT2D eigenvalue weighted by Crippen LogP contribution is 2.23. The van der Waals surface area contributed by atoms with Crippen LogP contribution >= 0.6 is 11.6 Å². The monoisotopic (exact) mass is 305 g/mol. The van der Waals surface area contributed by atoms with Gasteiger partial charge in [-0.15, -0.1) is 0 Å². The number of rotatable bonds is 1. The molecule has 2 aromatic rings. The number of aromatic carboxylic acids is 1. The molecule has 0 bridgehead atoms. The van der Waals surface area contributed by atoms with Crippen LogP contribution in [0.4, 0.5) is 0 Å². The Balaban J connectivity index is 0.000000497. The molecule has 1 aromatic carbocycles. The van der Waals surface area contributed by atoms with E-state index in [2.05, 4.69) is 23.9 Å². The second kappa shape index (κ2) is 6.54. The van der Waals surface area contributed by atoms with Crippen molar-refractivity contribution in [3.8, 4) is 5.69 Å². The van der Waals surface area contributed by atoms with Crippen molar-refractivity contribution in [1.29, 1.82) is 0 Å². The Kier molecular flexibility index (Phi) is 4.75. The molecule has 1 aliphatic rings. The van der Waals surface area contributed by atoms with Gasteiger partial charge in [0.15, 0.2) is 5.69 Å². The van der Waals surface area contributed by atoms with Gasteiger partial charge in [-0.2, -0.15) is 5.10 Å². The summed E-state index contributed by atoms with van der Waals surface area (Å²) in [5, 5.41) is 13.6. The highest BCUT2D eigenvalue weighted by Gasteiger charge is 2.17. The fourth-order valence-corrected chi connectivity index (χ4v) is 2.09. The van der Waals surface area contributed by atoms with Crippen LogP contribution in [0.5, 0.6) is 0 Å². The normalized spacial score (nSPS) is 11.8. The van der Waals surface area contributed by atoms with Crippen LogP contribution < -0.4 is 0 Å². The van der Waals surface area contributed by atoms with Crippen molar-refractivity contribution in [2.45, 2.75) is 26.8 Å². The molecule has 3 rings (SSSR count). The van der Waals surface area contributed by atoms with Gasteiger partial charge in [-0.1, -0.05) is 31.9 Å². The van der Waals surface area contributed by atoms with E-state index >= 15 is 0 Å². The maximum absolute atomic E-state index is 10.9. The summed E-state index contributed by atoms with van der Waals surface area (Å²) < 4.78 is 1.60. The first-order chi connectivity index (χ1) is 10.1. The number of halogens is 1. The third kappa shape index (κ3) is 3.31. The SMILES string of the molecule is CCC.O=C(O)c1cc2n(n1)-c1ccc(Cl)cc1C=NC2. The van der Waals surface area contributed by atoms with E-state index in [1.165, 1.54) is 12.5 Å². The zero-order chi connectivity index (χ0) is 15.4. The van der Waals surface area contributed by atoms with Gasteiger partial charge in [0.05, 0.1) is 17.9 Å². The van der Waals surface area contributed by atoms with Crippen molar-refractivity contribution in [2.24, 2.45) is 4.99 Å². The lowest BCUT2D eigenvalue weighted by Crippen LogP contribution is -2.04. The van der Waals surface area contributed by atoms with Crippen LogP contribution in [-0.4, -0.2) is 27.1 Å². The summed E-state index contributed by atoms with van der Waals surface area (Å²) in [6.45, 7) is 4.65. The first-order valence-electron chi connectivity index (χ1n) is 6.68. The number of nitrogens with zero attached hydrogens (tertiary/aromatic N) is 3. The Labute approximate surface area is 127 Å². The summed E-state index contributed by atoms with van der Waals surface area (Å²) in [6, 6.07) is 6.85. The van der Waals surface area contributed by atoms with Crippen LogP contribution in [0.15, 0.2) is 29.3 Å². The van der Waals surface area contributed by atoms with Crippen molar-refractivity contribution in [2.75, 3.05) is 0 Å². The highest BCUT2D eigenvalue weighted by atomic mass is 35.5. The van der Waals surface area contributed by atoms with E-state index in [-0.39, 0.29) is 5.69 Å². The first kappa shape index (κ1) is 15.3. The van der Waals surface area contributed by atoms with E-state index in [0.29, 0.717) is 11.6 Å². The van der Waals surface area contributed by atoms with Crippen LogP contribution in [0.3, 0.4) is 0 Å². The fraction of sp³-hybridized carbons (Fsp3) is 0.267. The summed E-state index contributed by atoms with van der Waals surface area (Å²) in [5.41, 5.74) is 2.36. The number of aliphatic imine (C=N–C) groups is 1. The molecule has 0 fully saturated rings. The van der Waals surface area contributed by atoms with E-state index in [1.54, 1.807) is 29.1 Å². The van der Waals surface area contributed by atoms with E-state index in [1.807, 2.05) is 0 Å². The van der Waals surface area contributed by atoms with Crippen molar-refractivity contribution in [1.82, 2.24) is 9.78 Å². The van der Waals surface area contributed by atoms with Gasteiger partial charge in [-0.3, -0.25) is 4.99 Å². The van der Waals surface area contributed by atoms with Crippen molar-refractivity contribution < 1.29 is 9.90 Å². The third-order valence-electron chi connectivity index (χ3n) is 2.70. The standard InChI is InChI=1S/C12H8ClN3O2.C3H8/c13-8-1-2-11-7(3-8)5-14-6-9-4-10(12(17)18)15-16(9)11;1-3-2/h1-5H,6H2,(H,17,18);3H2,1-2H3. The molecule has 2 heterocycles. The lowest BCUT2D eigenvalue weighted by Gasteiger charge is -2.06. The van der Waals surface area contributed by atoms with Crippen LogP contribution in [0.2, 0.25) is 5.02 Å². The lowest BCUT2D eigenvalue weighted by atomic mass is 10.2. The molecule has 0 radical (unpaired) electrons. The molecule has 0 aliphatic carbocycles. The predicted molar refractivity (Wildman–Crippen MR) is 82.8 cm³/mol. The molecule has 5 nitrogen and oxygen atoms in total. The number of hydrogen-bond donors (Lipinski definition) is 1. The van der Waals surface area contributed by atoms with Gasteiger partial charge < -0.3 is 5.11 Å². The number of benzene rings is 1. The molecule has 0 atom stereocenters. The van der Waals surface area contributed by atoms with Crippen LogP contribution in [0.25, 0.3) is 5.69 Å². The van der Waals surface area contributed by atoms with Crippen molar-refractivity contribution in [3.05, 3.63) is 46.2 Å². The molecule has 1 aromatic heterocycles. The zero-order valence-corrected chi connectivity index (χ0v) is 12.6. The molecule has 1 N–H and O–H groups in total. The molecule has 21 heavy (non-hydrogen) atoms. The molecule has 0 saturated heterocycles. The Morgan fingerprint density at radius 2 is 2.10 bits per heavy atom. The number of hydrogen-bond acceptors (Lipinski definition) is 3. The van der Waals surface area contributed by atoms with Gasteiger partial charge in [0.1, 0.15) is 0 Å². The van der Waals surface area contributed by atoms with Crippen molar-refractivity contribution in [3.63, 3.8) is 0 Å². The largest absolute Gasteiger partial charge is 0.476 e. The Hall–Kier alpha value is -2.14. The summed E-state index contributed by atoms with van der Waals surface area (Å²) in [5.74, 6) is -1.05. The summed E-state index contributed by atoms with van der Waals surface area (Å²) in [6.07, 6.45) is 2.97. The van der Waals surface area contributed by atoms with Gasteiger partial charge in [0, 0.05) is 16.8 Å². The molecule has 0 unspecified atom stereocenters. The minimum atomic E-state index is -1.05. The number of carbonyl (C=O) groups is 1. The van der Waals surface area contributed by atoms with E-state index < -0.39 is 5.97 Å². The van der Waals surface area contributed by atoms with Crippen LogP contribution in [-0.2, 0) is 6.54 Å². The Bertz CT molecular complexity index is 692. The van der Waals surface area contributed by atoms with E-state index in [4.69, 9.17) is 16.7 Å². The van der Waals surface area contributed by atoms with Crippen LogP contribution in [0, 0.1) is 0 Å². The second-order valence-corrected chi connectivity index (χ2v) is 5.05. The zero-order valence-electron chi connectivity index (χ0n) is 11.9.